The zero-order valence-electron chi connectivity index (χ0n) is 10.2. The van der Waals surface area contributed by atoms with E-state index in [9.17, 15) is 4.79 Å². The Hall–Kier alpha value is -1.52. The standard InChI is InChI=1S/C13H12Cl2N2O2/c1-2-19-13(18)9-7-16-17-12(9)6-8-10(14)4-3-5-11(8)15/h3-5,7H,2,6H2,1H3,(H,16,17). The van der Waals surface area contributed by atoms with Crippen molar-refractivity contribution in [3.8, 4) is 0 Å². The van der Waals surface area contributed by atoms with Gasteiger partial charge in [0.2, 0.25) is 0 Å². The van der Waals surface area contributed by atoms with Crippen LogP contribution in [-0.4, -0.2) is 22.8 Å². The molecule has 0 unspecified atom stereocenters. The van der Waals surface area contributed by atoms with Gasteiger partial charge in [0.15, 0.2) is 0 Å². The monoisotopic (exact) mass is 298 g/mol. The Labute approximate surface area is 120 Å². The van der Waals surface area contributed by atoms with Crippen LogP contribution in [-0.2, 0) is 11.2 Å². The van der Waals surface area contributed by atoms with Gasteiger partial charge in [0.25, 0.3) is 0 Å². The number of carbonyl (C=O) groups excluding carboxylic acids is 1. The zero-order chi connectivity index (χ0) is 13.8. The van der Waals surface area contributed by atoms with E-state index in [0.717, 1.165) is 5.56 Å². The predicted molar refractivity (Wildman–Crippen MR) is 73.8 cm³/mol. The van der Waals surface area contributed by atoms with E-state index in [0.29, 0.717) is 34.3 Å². The van der Waals surface area contributed by atoms with E-state index >= 15 is 0 Å². The van der Waals surface area contributed by atoms with Crippen LogP contribution >= 0.6 is 23.2 Å². The van der Waals surface area contributed by atoms with Crippen molar-refractivity contribution in [2.24, 2.45) is 0 Å². The van der Waals surface area contributed by atoms with Crippen LogP contribution in [0.25, 0.3) is 0 Å². The fourth-order valence-corrected chi connectivity index (χ4v) is 2.24. The molecule has 0 amide bonds. The Balaban J connectivity index is 2.30. The average molecular weight is 299 g/mol. The number of hydrogen-bond donors (Lipinski definition) is 1. The molecule has 0 aliphatic heterocycles. The Morgan fingerprint density at radius 3 is 2.68 bits per heavy atom. The number of nitrogens with zero attached hydrogens (tertiary/aromatic N) is 1. The molecule has 1 heterocycles. The Morgan fingerprint density at radius 1 is 1.37 bits per heavy atom. The summed E-state index contributed by atoms with van der Waals surface area (Å²) >= 11 is 12.2. The van der Waals surface area contributed by atoms with Crippen LogP contribution in [0.3, 0.4) is 0 Å². The molecule has 0 aliphatic rings. The van der Waals surface area contributed by atoms with Gasteiger partial charge >= 0.3 is 5.97 Å². The molecule has 0 radical (unpaired) electrons. The average Bonchev–Trinajstić information content (AvgIpc) is 2.82. The summed E-state index contributed by atoms with van der Waals surface area (Å²) in [6.45, 7) is 2.07. The lowest BCUT2D eigenvalue weighted by atomic mass is 10.1. The number of esters is 1. The van der Waals surface area contributed by atoms with Crippen molar-refractivity contribution in [3.05, 3.63) is 51.3 Å². The highest BCUT2D eigenvalue weighted by atomic mass is 35.5. The second-order valence-electron chi connectivity index (χ2n) is 3.86. The molecule has 0 atom stereocenters. The van der Waals surface area contributed by atoms with E-state index in [1.807, 2.05) is 0 Å². The van der Waals surface area contributed by atoms with E-state index in [-0.39, 0.29) is 0 Å². The van der Waals surface area contributed by atoms with E-state index in [1.165, 1.54) is 6.20 Å². The third-order valence-electron chi connectivity index (χ3n) is 2.63. The molecule has 2 rings (SSSR count). The molecule has 0 saturated carbocycles. The summed E-state index contributed by atoms with van der Waals surface area (Å²) in [4.78, 5) is 11.7. The first-order chi connectivity index (χ1) is 9.13. The summed E-state index contributed by atoms with van der Waals surface area (Å²) in [5, 5.41) is 7.75. The fraction of sp³-hybridized carbons (Fsp3) is 0.231. The van der Waals surface area contributed by atoms with Crippen molar-refractivity contribution in [3.63, 3.8) is 0 Å². The minimum atomic E-state index is -0.408. The lowest BCUT2D eigenvalue weighted by molar-refractivity contribution is 0.0525. The van der Waals surface area contributed by atoms with Crippen molar-refractivity contribution in [1.82, 2.24) is 10.2 Å². The predicted octanol–water partition coefficient (Wildman–Crippen LogP) is 3.48. The Kier molecular flexibility index (Phi) is 4.45. The summed E-state index contributed by atoms with van der Waals surface area (Å²) in [5.41, 5.74) is 1.78. The largest absolute Gasteiger partial charge is 0.462 e. The van der Waals surface area contributed by atoms with Crippen LogP contribution in [0.1, 0.15) is 28.5 Å². The minimum Gasteiger partial charge on any atom is -0.462 e. The summed E-state index contributed by atoms with van der Waals surface area (Å²) in [7, 11) is 0. The van der Waals surface area contributed by atoms with Crippen molar-refractivity contribution >= 4 is 29.2 Å². The Morgan fingerprint density at radius 2 is 2.05 bits per heavy atom. The molecule has 100 valence electrons. The molecule has 0 bridgehead atoms. The summed E-state index contributed by atoms with van der Waals surface area (Å²) in [6, 6.07) is 5.28. The van der Waals surface area contributed by atoms with E-state index in [1.54, 1.807) is 25.1 Å². The summed E-state index contributed by atoms with van der Waals surface area (Å²) < 4.78 is 4.96. The quantitative estimate of drug-likeness (QED) is 0.879. The smallest absolute Gasteiger partial charge is 0.341 e. The van der Waals surface area contributed by atoms with Crippen LogP contribution in [0, 0.1) is 0 Å². The molecule has 19 heavy (non-hydrogen) atoms. The third-order valence-corrected chi connectivity index (χ3v) is 3.34. The number of carbonyl (C=O) groups is 1. The highest BCUT2D eigenvalue weighted by Gasteiger charge is 2.17. The molecular formula is C13H12Cl2N2O2. The van der Waals surface area contributed by atoms with Gasteiger partial charge in [-0.25, -0.2) is 4.79 Å². The van der Waals surface area contributed by atoms with Gasteiger partial charge in [-0.05, 0) is 24.6 Å². The normalized spacial score (nSPS) is 10.5. The maximum Gasteiger partial charge on any atom is 0.341 e. The molecular weight excluding hydrogens is 287 g/mol. The molecule has 2 aromatic rings. The number of ether oxygens (including phenoxy) is 1. The van der Waals surface area contributed by atoms with E-state index < -0.39 is 5.97 Å². The second kappa shape index (κ2) is 6.08. The number of halogens is 2. The van der Waals surface area contributed by atoms with Crippen LogP contribution in [0.4, 0.5) is 0 Å². The molecule has 4 nitrogen and oxygen atoms in total. The number of H-pyrrole nitrogens is 1. The van der Waals surface area contributed by atoms with E-state index in [4.69, 9.17) is 27.9 Å². The van der Waals surface area contributed by atoms with Gasteiger partial charge in [-0.1, -0.05) is 29.3 Å². The zero-order valence-corrected chi connectivity index (χ0v) is 11.8. The fourth-order valence-electron chi connectivity index (χ4n) is 1.71. The maximum absolute atomic E-state index is 11.7. The highest BCUT2D eigenvalue weighted by Crippen LogP contribution is 2.27. The van der Waals surface area contributed by atoms with Gasteiger partial charge in [0.05, 0.1) is 18.5 Å². The van der Waals surface area contributed by atoms with Crippen molar-refractivity contribution in [1.29, 1.82) is 0 Å². The Bertz CT molecular complexity index is 576. The van der Waals surface area contributed by atoms with Gasteiger partial charge in [0.1, 0.15) is 5.56 Å². The lowest BCUT2D eigenvalue weighted by Crippen LogP contribution is -2.07. The number of hydrogen-bond acceptors (Lipinski definition) is 3. The van der Waals surface area contributed by atoms with Crippen LogP contribution in [0.2, 0.25) is 10.0 Å². The molecule has 0 spiro atoms. The minimum absolute atomic E-state index is 0.316. The number of aromatic nitrogens is 2. The van der Waals surface area contributed by atoms with Gasteiger partial charge in [-0.15, -0.1) is 0 Å². The van der Waals surface area contributed by atoms with Gasteiger partial charge in [0, 0.05) is 16.5 Å². The van der Waals surface area contributed by atoms with Crippen LogP contribution < -0.4 is 0 Å². The van der Waals surface area contributed by atoms with Crippen molar-refractivity contribution in [2.75, 3.05) is 6.61 Å². The summed E-state index contributed by atoms with van der Waals surface area (Å²) in [5.74, 6) is -0.408. The SMILES string of the molecule is CCOC(=O)c1cn[nH]c1Cc1c(Cl)cccc1Cl. The number of benzene rings is 1. The molecule has 0 saturated heterocycles. The van der Waals surface area contributed by atoms with Gasteiger partial charge in [-0.3, -0.25) is 5.10 Å². The van der Waals surface area contributed by atoms with Crippen LogP contribution in [0.15, 0.2) is 24.4 Å². The molecule has 1 aromatic carbocycles. The maximum atomic E-state index is 11.7. The van der Waals surface area contributed by atoms with E-state index in [2.05, 4.69) is 10.2 Å². The second-order valence-corrected chi connectivity index (χ2v) is 4.67. The van der Waals surface area contributed by atoms with Gasteiger partial charge < -0.3 is 4.74 Å². The van der Waals surface area contributed by atoms with Crippen molar-refractivity contribution in [2.45, 2.75) is 13.3 Å². The molecule has 6 heteroatoms. The number of rotatable bonds is 4. The van der Waals surface area contributed by atoms with Crippen molar-refractivity contribution < 1.29 is 9.53 Å². The third kappa shape index (κ3) is 3.08. The first-order valence-corrected chi connectivity index (χ1v) is 6.51. The molecule has 1 aromatic heterocycles. The summed E-state index contributed by atoms with van der Waals surface area (Å²) in [6.07, 6.45) is 1.84. The number of aromatic amines is 1. The topological polar surface area (TPSA) is 55.0 Å². The van der Waals surface area contributed by atoms with Crippen LogP contribution in [0.5, 0.6) is 0 Å². The van der Waals surface area contributed by atoms with Gasteiger partial charge in [-0.2, -0.15) is 5.10 Å². The first-order valence-electron chi connectivity index (χ1n) is 5.75. The lowest BCUT2D eigenvalue weighted by Gasteiger charge is -2.07. The first kappa shape index (κ1) is 13.9. The molecule has 0 aliphatic carbocycles. The molecule has 1 N–H and O–H groups in total. The molecule has 0 fully saturated rings. The highest BCUT2D eigenvalue weighted by molar-refractivity contribution is 6.36. The number of nitrogens with one attached hydrogen (secondary N) is 1.